The second-order valence-electron chi connectivity index (χ2n) is 6.17. The number of hydrogen-bond donors (Lipinski definition) is 0. The van der Waals surface area contributed by atoms with Crippen molar-refractivity contribution in [2.45, 2.75) is 40.2 Å². The molecule has 0 bridgehead atoms. The molecule has 25 heavy (non-hydrogen) atoms. The van der Waals surface area contributed by atoms with Crippen LogP contribution in [-0.4, -0.2) is 43.1 Å². The Morgan fingerprint density at radius 3 is 2.56 bits per heavy atom. The van der Waals surface area contributed by atoms with Crippen LogP contribution in [0.25, 0.3) is 0 Å². The number of nitrogens with zero attached hydrogens (tertiary/aromatic N) is 1. The normalized spacial score (nSPS) is 13.5. The zero-order chi connectivity index (χ0) is 18.4. The molecular formula is C18H25NO6. The average Bonchev–Trinajstić information content (AvgIpc) is 3.02. The zero-order valence-electron chi connectivity index (χ0n) is 15.1. The van der Waals surface area contributed by atoms with E-state index in [1.807, 2.05) is 32.0 Å². The number of carbonyl (C=O) groups excluding carboxylic acids is 2. The van der Waals surface area contributed by atoms with Crippen LogP contribution in [0.15, 0.2) is 18.2 Å². The van der Waals surface area contributed by atoms with Crippen LogP contribution in [0.1, 0.15) is 33.3 Å². The third kappa shape index (κ3) is 5.01. The summed E-state index contributed by atoms with van der Waals surface area (Å²) in [7, 11) is 0. The molecule has 1 aliphatic heterocycles. The molecule has 1 amide bonds. The Bertz CT molecular complexity index is 616. The lowest BCUT2D eigenvalue weighted by Crippen LogP contribution is -2.40. The molecule has 1 heterocycles. The topological polar surface area (TPSA) is 74.3 Å². The van der Waals surface area contributed by atoms with Crippen molar-refractivity contribution >= 4 is 12.1 Å². The monoisotopic (exact) mass is 351 g/mol. The predicted molar refractivity (Wildman–Crippen MR) is 90.4 cm³/mol. The van der Waals surface area contributed by atoms with Gasteiger partial charge in [0, 0.05) is 12.6 Å². The summed E-state index contributed by atoms with van der Waals surface area (Å²) in [6.07, 6.45) is 0.137. The highest BCUT2D eigenvalue weighted by Gasteiger charge is 2.22. The van der Waals surface area contributed by atoms with Crippen molar-refractivity contribution in [1.29, 1.82) is 0 Å². The molecule has 138 valence electrons. The first kappa shape index (κ1) is 18.9. The van der Waals surface area contributed by atoms with Gasteiger partial charge in [-0.3, -0.25) is 4.79 Å². The molecule has 0 N–H and O–H groups in total. The number of hydrogen-bond acceptors (Lipinski definition) is 6. The predicted octanol–water partition coefficient (Wildman–Crippen LogP) is 2.96. The van der Waals surface area contributed by atoms with Crippen LogP contribution < -0.4 is 9.47 Å². The van der Waals surface area contributed by atoms with Gasteiger partial charge in [0.2, 0.25) is 13.6 Å². The van der Waals surface area contributed by atoms with E-state index in [1.54, 1.807) is 18.7 Å². The van der Waals surface area contributed by atoms with E-state index in [0.29, 0.717) is 13.0 Å². The minimum Gasteiger partial charge on any atom is -0.454 e. The molecule has 0 aliphatic carbocycles. The van der Waals surface area contributed by atoms with Gasteiger partial charge in [0.1, 0.15) is 0 Å². The second-order valence-corrected chi connectivity index (χ2v) is 6.17. The molecule has 0 radical (unpaired) electrons. The van der Waals surface area contributed by atoms with Crippen molar-refractivity contribution in [3.63, 3.8) is 0 Å². The van der Waals surface area contributed by atoms with Crippen LogP contribution in [0.5, 0.6) is 11.5 Å². The van der Waals surface area contributed by atoms with Gasteiger partial charge in [-0.25, -0.2) is 4.79 Å². The van der Waals surface area contributed by atoms with E-state index in [9.17, 15) is 9.59 Å². The van der Waals surface area contributed by atoms with Crippen LogP contribution in [0, 0.1) is 5.92 Å². The molecule has 0 saturated carbocycles. The molecule has 2 rings (SSSR count). The van der Waals surface area contributed by atoms with E-state index < -0.39 is 12.1 Å². The lowest BCUT2D eigenvalue weighted by atomic mass is 10.1. The summed E-state index contributed by atoms with van der Waals surface area (Å²) in [5, 5.41) is 0. The first-order chi connectivity index (χ1) is 11.9. The maximum Gasteiger partial charge on any atom is 0.412 e. The van der Waals surface area contributed by atoms with Crippen LogP contribution in [0.4, 0.5) is 4.79 Å². The Hall–Kier alpha value is -2.44. The molecular weight excluding hydrogens is 326 g/mol. The van der Waals surface area contributed by atoms with Crippen molar-refractivity contribution in [3.8, 4) is 11.5 Å². The number of amides is 1. The SMILES string of the molecule is CCN(C(=O)OCOC(=O)C(C)C)C(C)Cc1ccc2c(c1)OCO2. The minimum atomic E-state index is -0.507. The third-order valence-electron chi connectivity index (χ3n) is 3.93. The molecule has 7 heteroatoms. The number of benzene rings is 1. The highest BCUT2D eigenvalue weighted by molar-refractivity contribution is 5.72. The number of rotatable bonds is 7. The molecule has 1 atom stereocenters. The summed E-state index contributed by atoms with van der Waals surface area (Å²) >= 11 is 0. The molecule has 0 spiro atoms. The van der Waals surface area contributed by atoms with E-state index in [0.717, 1.165) is 17.1 Å². The molecule has 1 aromatic carbocycles. The van der Waals surface area contributed by atoms with Gasteiger partial charge in [0.15, 0.2) is 11.5 Å². The van der Waals surface area contributed by atoms with Gasteiger partial charge < -0.3 is 23.8 Å². The maximum atomic E-state index is 12.2. The van der Waals surface area contributed by atoms with Gasteiger partial charge in [-0.1, -0.05) is 19.9 Å². The van der Waals surface area contributed by atoms with E-state index in [4.69, 9.17) is 18.9 Å². The second kappa shape index (κ2) is 8.60. The van der Waals surface area contributed by atoms with Crippen LogP contribution in [-0.2, 0) is 20.7 Å². The Balaban J connectivity index is 1.88. The third-order valence-corrected chi connectivity index (χ3v) is 3.93. The average molecular weight is 351 g/mol. The largest absolute Gasteiger partial charge is 0.454 e. The Morgan fingerprint density at radius 1 is 1.16 bits per heavy atom. The smallest absolute Gasteiger partial charge is 0.412 e. The van der Waals surface area contributed by atoms with Gasteiger partial charge in [0.05, 0.1) is 5.92 Å². The molecule has 0 saturated heterocycles. The Labute approximate surface area is 147 Å². The Morgan fingerprint density at radius 2 is 1.88 bits per heavy atom. The van der Waals surface area contributed by atoms with Crippen molar-refractivity contribution in [2.75, 3.05) is 20.1 Å². The van der Waals surface area contributed by atoms with Gasteiger partial charge in [-0.05, 0) is 38.0 Å². The maximum absolute atomic E-state index is 12.2. The van der Waals surface area contributed by atoms with Crippen molar-refractivity contribution in [3.05, 3.63) is 23.8 Å². The number of likely N-dealkylation sites (N-methyl/N-ethyl adjacent to an activating group) is 1. The van der Waals surface area contributed by atoms with Crippen LogP contribution >= 0.6 is 0 Å². The molecule has 1 aliphatic rings. The van der Waals surface area contributed by atoms with E-state index in [-0.39, 0.29) is 25.5 Å². The molecule has 0 aromatic heterocycles. The lowest BCUT2D eigenvalue weighted by Gasteiger charge is -2.27. The fourth-order valence-electron chi connectivity index (χ4n) is 2.53. The summed E-state index contributed by atoms with van der Waals surface area (Å²) < 4.78 is 20.6. The van der Waals surface area contributed by atoms with Crippen LogP contribution in [0.2, 0.25) is 0 Å². The summed E-state index contributed by atoms with van der Waals surface area (Å²) in [4.78, 5) is 25.2. The lowest BCUT2D eigenvalue weighted by molar-refractivity contribution is -0.156. The zero-order valence-corrected chi connectivity index (χ0v) is 15.1. The standard InChI is InChI=1S/C18H25NO6/c1-5-19(18(21)25-11-24-17(20)12(2)3)13(4)8-14-6-7-15-16(9-14)23-10-22-15/h6-7,9,12-13H,5,8,10-11H2,1-4H3. The van der Waals surface area contributed by atoms with Gasteiger partial charge in [-0.2, -0.15) is 0 Å². The minimum absolute atomic E-state index is 0.0846. The molecule has 0 fully saturated rings. The number of carbonyl (C=O) groups is 2. The molecule has 1 aromatic rings. The Kier molecular flexibility index (Phi) is 6.50. The highest BCUT2D eigenvalue weighted by Crippen LogP contribution is 2.33. The first-order valence-electron chi connectivity index (χ1n) is 8.41. The van der Waals surface area contributed by atoms with Crippen LogP contribution in [0.3, 0.4) is 0 Å². The number of esters is 1. The van der Waals surface area contributed by atoms with Crippen molar-refractivity contribution < 1.29 is 28.5 Å². The quantitative estimate of drug-likeness (QED) is 0.555. The van der Waals surface area contributed by atoms with E-state index >= 15 is 0 Å². The fourth-order valence-corrected chi connectivity index (χ4v) is 2.53. The van der Waals surface area contributed by atoms with Gasteiger partial charge in [0.25, 0.3) is 0 Å². The number of ether oxygens (including phenoxy) is 4. The van der Waals surface area contributed by atoms with Gasteiger partial charge in [-0.15, -0.1) is 0 Å². The fraction of sp³-hybridized carbons (Fsp3) is 0.556. The molecule has 1 unspecified atom stereocenters. The van der Waals surface area contributed by atoms with E-state index in [1.165, 1.54) is 0 Å². The highest BCUT2D eigenvalue weighted by atomic mass is 16.7. The molecule has 7 nitrogen and oxygen atoms in total. The van der Waals surface area contributed by atoms with Crippen molar-refractivity contribution in [2.24, 2.45) is 5.92 Å². The van der Waals surface area contributed by atoms with Gasteiger partial charge >= 0.3 is 12.1 Å². The summed E-state index contributed by atoms with van der Waals surface area (Å²) in [6, 6.07) is 5.65. The van der Waals surface area contributed by atoms with E-state index in [2.05, 4.69) is 0 Å². The summed E-state index contributed by atoms with van der Waals surface area (Å²) in [5.74, 6) is 0.793. The van der Waals surface area contributed by atoms with Crippen molar-refractivity contribution in [1.82, 2.24) is 4.90 Å². The summed E-state index contributed by atoms with van der Waals surface area (Å²) in [5.41, 5.74) is 1.04. The first-order valence-corrected chi connectivity index (χ1v) is 8.41. The number of fused-ring (bicyclic) bond motifs is 1. The summed E-state index contributed by atoms with van der Waals surface area (Å²) in [6.45, 7) is 7.60.